The van der Waals surface area contributed by atoms with Gasteiger partial charge < -0.3 is 0 Å². The molecule has 1 atom stereocenters. The van der Waals surface area contributed by atoms with Crippen LogP contribution < -0.4 is 4.72 Å². The molecule has 0 aliphatic carbocycles. The molecule has 3 rings (SSSR count). The number of carbonyl (C=O) groups excluding carboxylic acids is 1. The van der Waals surface area contributed by atoms with Gasteiger partial charge in [0.2, 0.25) is 0 Å². The smallest absolute Gasteiger partial charge is 0.258 e. The van der Waals surface area contributed by atoms with Crippen molar-refractivity contribution in [2.45, 2.75) is 6.92 Å². The van der Waals surface area contributed by atoms with Crippen LogP contribution in [0.2, 0.25) is 0 Å². The zero-order valence-electron chi connectivity index (χ0n) is 9.90. The Kier molecular flexibility index (Phi) is 2.71. The van der Waals surface area contributed by atoms with Crippen molar-refractivity contribution in [3.8, 4) is 11.4 Å². The highest BCUT2D eigenvalue weighted by Crippen LogP contribution is 2.18. The van der Waals surface area contributed by atoms with Crippen molar-refractivity contribution < 1.29 is 9.00 Å². The fourth-order valence-electron chi connectivity index (χ4n) is 1.64. The second kappa shape index (κ2) is 4.39. The van der Waals surface area contributed by atoms with E-state index in [1.165, 1.54) is 10.8 Å². The molecule has 0 bridgehead atoms. The summed E-state index contributed by atoms with van der Waals surface area (Å²) in [5, 5.41) is 4.37. The van der Waals surface area contributed by atoms with Crippen molar-refractivity contribution in [2.24, 2.45) is 0 Å². The van der Waals surface area contributed by atoms with E-state index in [1.807, 2.05) is 6.92 Å². The van der Waals surface area contributed by atoms with E-state index >= 15 is 0 Å². The largest absolute Gasteiger partial charge is 0.269 e. The minimum atomic E-state index is -1.57. The fourth-order valence-corrected chi connectivity index (χ4v) is 2.47. The van der Waals surface area contributed by atoms with Crippen LogP contribution in [0.15, 0.2) is 30.7 Å². The molecule has 1 aliphatic rings. The van der Waals surface area contributed by atoms with Gasteiger partial charge in [0.05, 0.1) is 11.8 Å². The van der Waals surface area contributed by atoms with Gasteiger partial charge in [-0.1, -0.05) is 0 Å². The third-order valence-electron chi connectivity index (χ3n) is 2.50. The number of hydrogen-bond acceptors (Lipinski definition) is 5. The predicted molar refractivity (Wildman–Crippen MR) is 68.5 cm³/mol. The van der Waals surface area contributed by atoms with Crippen LogP contribution in [0, 0.1) is 6.92 Å². The summed E-state index contributed by atoms with van der Waals surface area (Å²) in [6.07, 6.45) is 6.12. The average Bonchev–Trinajstić information content (AvgIpc) is 2.96. The van der Waals surface area contributed by atoms with Crippen molar-refractivity contribution in [1.82, 2.24) is 24.5 Å². The number of nitrogens with zero attached hydrogens (tertiary/aromatic N) is 4. The number of aromatic nitrogens is 4. The Morgan fingerprint density at radius 2 is 2.26 bits per heavy atom. The molecule has 3 heterocycles. The van der Waals surface area contributed by atoms with E-state index in [0.717, 1.165) is 5.69 Å². The summed E-state index contributed by atoms with van der Waals surface area (Å²) < 4.78 is 15.3. The van der Waals surface area contributed by atoms with Gasteiger partial charge in [-0.05, 0) is 13.0 Å². The van der Waals surface area contributed by atoms with Gasteiger partial charge in [0.15, 0.2) is 21.8 Å². The molecule has 8 heteroatoms. The Morgan fingerprint density at radius 1 is 1.42 bits per heavy atom. The van der Waals surface area contributed by atoms with Crippen molar-refractivity contribution >= 4 is 21.9 Å². The maximum absolute atomic E-state index is 11.6. The molecule has 96 valence electrons. The van der Waals surface area contributed by atoms with Gasteiger partial charge in [-0.3, -0.25) is 9.52 Å². The Hall–Kier alpha value is -2.35. The van der Waals surface area contributed by atoms with Crippen LogP contribution in [-0.4, -0.2) is 29.9 Å². The first-order chi connectivity index (χ1) is 9.13. The van der Waals surface area contributed by atoms with Gasteiger partial charge in [-0.15, -0.1) is 0 Å². The number of hydrogen-bond donors (Lipinski definition) is 1. The van der Waals surface area contributed by atoms with E-state index in [1.54, 1.807) is 24.7 Å². The van der Waals surface area contributed by atoms with Gasteiger partial charge >= 0.3 is 0 Å². The molecule has 7 nitrogen and oxygen atoms in total. The molecule has 0 saturated carbocycles. The second-order valence-electron chi connectivity index (χ2n) is 3.91. The third kappa shape index (κ3) is 2.17. The molecular formula is C11H9N5O2S. The van der Waals surface area contributed by atoms with E-state index in [4.69, 9.17) is 0 Å². The summed E-state index contributed by atoms with van der Waals surface area (Å²) in [6.45, 7) is 1.87. The van der Waals surface area contributed by atoms with Crippen LogP contribution in [0.4, 0.5) is 0 Å². The highest BCUT2D eigenvalue weighted by Gasteiger charge is 2.22. The normalized spacial score (nSPS) is 18.3. The first kappa shape index (κ1) is 11.7. The minimum Gasteiger partial charge on any atom is -0.269 e. The van der Waals surface area contributed by atoms with Gasteiger partial charge in [-0.2, -0.15) is 5.10 Å². The highest BCUT2D eigenvalue weighted by atomic mass is 32.2. The van der Waals surface area contributed by atoms with Crippen LogP contribution in [0.25, 0.3) is 16.4 Å². The summed E-state index contributed by atoms with van der Waals surface area (Å²) in [5.74, 6) is 0.145. The lowest BCUT2D eigenvalue weighted by molar-refractivity contribution is -0.114. The summed E-state index contributed by atoms with van der Waals surface area (Å²) in [4.78, 5) is 19.5. The molecule has 1 N–H and O–H groups in total. The molecule has 0 spiro atoms. The van der Waals surface area contributed by atoms with Crippen molar-refractivity contribution in [3.63, 3.8) is 0 Å². The Labute approximate surface area is 111 Å². The number of nitrogens with one attached hydrogen (secondary N) is 1. The molecule has 19 heavy (non-hydrogen) atoms. The second-order valence-corrected chi connectivity index (χ2v) is 5.07. The maximum atomic E-state index is 11.6. The van der Waals surface area contributed by atoms with Crippen LogP contribution in [0.3, 0.4) is 0 Å². The van der Waals surface area contributed by atoms with Crippen LogP contribution in [0.1, 0.15) is 5.69 Å². The molecular weight excluding hydrogens is 266 g/mol. The highest BCUT2D eigenvalue weighted by molar-refractivity contribution is 7.93. The average molecular weight is 275 g/mol. The Bertz CT molecular complexity index is 721. The number of carbonyl (C=O) groups is 1. The molecule has 1 unspecified atom stereocenters. The van der Waals surface area contributed by atoms with Gasteiger partial charge in [-0.25, -0.2) is 18.9 Å². The molecule has 0 saturated heterocycles. The van der Waals surface area contributed by atoms with Crippen molar-refractivity contribution in [3.05, 3.63) is 36.4 Å². The minimum absolute atomic E-state index is 0.295. The van der Waals surface area contributed by atoms with Crippen LogP contribution in [0.5, 0.6) is 0 Å². The SMILES string of the molecule is Cc1ccnc(-c2cnn(C3=CC(=O)NS3=O)c2)n1. The van der Waals surface area contributed by atoms with Gasteiger partial charge in [0.1, 0.15) is 0 Å². The summed E-state index contributed by atoms with van der Waals surface area (Å²) in [5.41, 5.74) is 1.54. The Morgan fingerprint density at radius 3 is 2.95 bits per heavy atom. The summed E-state index contributed by atoms with van der Waals surface area (Å²) >= 11 is 0. The first-order valence-electron chi connectivity index (χ1n) is 5.42. The zero-order chi connectivity index (χ0) is 13.4. The lowest BCUT2D eigenvalue weighted by Gasteiger charge is -1.99. The fraction of sp³-hybridized carbons (Fsp3) is 0.0909. The monoisotopic (exact) mass is 275 g/mol. The molecule has 1 amide bonds. The van der Waals surface area contributed by atoms with E-state index in [-0.39, 0.29) is 0 Å². The van der Waals surface area contributed by atoms with Gasteiger partial charge in [0.25, 0.3) is 5.91 Å². The zero-order valence-corrected chi connectivity index (χ0v) is 10.7. The van der Waals surface area contributed by atoms with Crippen molar-refractivity contribution in [1.29, 1.82) is 0 Å². The first-order valence-corrected chi connectivity index (χ1v) is 6.57. The van der Waals surface area contributed by atoms with Gasteiger partial charge in [0, 0.05) is 24.2 Å². The lowest BCUT2D eigenvalue weighted by Crippen LogP contribution is -2.17. The van der Waals surface area contributed by atoms with Crippen LogP contribution in [-0.2, 0) is 15.8 Å². The number of amides is 1. The molecule has 0 radical (unpaired) electrons. The Balaban J connectivity index is 1.98. The molecule has 2 aromatic rings. The molecule has 0 fully saturated rings. The lowest BCUT2D eigenvalue weighted by atomic mass is 10.3. The molecule has 0 aromatic carbocycles. The summed E-state index contributed by atoms with van der Waals surface area (Å²) in [7, 11) is -1.57. The van der Waals surface area contributed by atoms with E-state index in [0.29, 0.717) is 16.4 Å². The number of aryl methyl sites for hydroxylation is 1. The topological polar surface area (TPSA) is 89.8 Å². The number of rotatable bonds is 2. The summed E-state index contributed by atoms with van der Waals surface area (Å²) in [6, 6.07) is 1.80. The van der Waals surface area contributed by atoms with E-state index in [9.17, 15) is 9.00 Å². The third-order valence-corrected chi connectivity index (χ3v) is 3.57. The van der Waals surface area contributed by atoms with Crippen LogP contribution >= 0.6 is 0 Å². The predicted octanol–water partition coefficient (Wildman–Crippen LogP) is 0.240. The quantitative estimate of drug-likeness (QED) is 0.848. The van der Waals surface area contributed by atoms with Crippen molar-refractivity contribution in [2.75, 3.05) is 0 Å². The maximum Gasteiger partial charge on any atom is 0.258 e. The molecule has 2 aromatic heterocycles. The molecule has 1 aliphatic heterocycles. The standard InChI is InChI=1S/C11H9N5O2S/c1-7-2-3-12-11(14-7)8-5-13-16(6-8)10-4-9(17)15-19(10)18/h2-6H,1H3,(H,15,17). The van der Waals surface area contributed by atoms with E-state index < -0.39 is 16.9 Å². The van der Waals surface area contributed by atoms with E-state index in [2.05, 4.69) is 19.8 Å².